The molecule has 1 N–H and O–H groups in total. The quantitative estimate of drug-likeness (QED) is 0.866. The topological polar surface area (TPSA) is 44.3 Å². The van der Waals surface area contributed by atoms with Crippen LogP contribution in [0.25, 0.3) is 0 Å². The predicted molar refractivity (Wildman–Crippen MR) is 75.7 cm³/mol. The highest BCUT2D eigenvalue weighted by atomic mass is 79.9. The van der Waals surface area contributed by atoms with Crippen molar-refractivity contribution in [2.75, 3.05) is 51.0 Å². The third-order valence-corrected chi connectivity index (χ3v) is 2.86. The third kappa shape index (κ3) is 4.47. The molecule has 17 heavy (non-hydrogen) atoms. The minimum atomic E-state index is 0.669. The van der Waals surface area contributed by atoms with Crippen molar-refractivity contribution >= 4 is 27.7 Å². The molecule has 0 fully saturated rings. The number of likely N-dealkylation sites (N-methyl/N-ethyl adjacent to an activating group) is 2. The Kier molecular flexibility index (Phi) is 5.64. The smallest absolute Gasteiger partial charge is 0.224 e. The number of nitrogens with zero attached hydrogens (tertiary/aromatic N) is 4. The highest BCUT2D eigenvalue weighted by Gasteiger charge is 2.09. The summed E-state index contributed by atoms with van der Waals surface area (Å²) in [6.45, 7) is 4.76. The lowest BCUT2D eigenvalue weighted by molar-refractivity contribution is 0.416. The number of hydrogen-bond acceptors (Lipinski definition) is 5. The molecule has 0 unspecified atom stereocenters. The van der Waals surface area contributed by atoms with E-state index >= 15 is 0 Å². The molecule has 0 bridgehead atoms. The summed E-state index contributed by atoms with van der Waals surface area (Å²) in [5.41, 5.74) is 0. The molecule has 1 heterocycles. The maximum Gasteiger partial charge on any atom is 0.224 e. The van der Waals surface area contributed by atoms with Gasteiger partial charge in [0, 0.05) is 32.9 Å². The lowest BCUT2D eigenvalue weighted by Crippen LogP contribution is -2.29. The van der Waals surface area contributed by atoms with Crippen molar-refractivity contribution in [3.63, 3.8) is 0 Å². The first-order chi connectivity index (χ1) is 8.04. The molecule has 0 aromatic carbocycles. The molecular formula is C11H20BrN5. The van der Waals surface area contributed by atoms with Crippen molar-refractivity contribution in [3.05, 3.63) is 10.7 Å². The van der Waals surface area contributed by atoms with Gasteiger partial charge in [0.15, 0.2) is 0 Å². The van der Waals surface area contributed by atoms with Crippen LogP contribution in [0.5, 0.6) is 0 Å². The van der Waals surface area contributed by atoms with E-state index in [0.29, 0.717) is 5.95 Å². The molecule has 0 aliphatic carbocycles. The molecule has 96 valence electrons. The van der Waals surface area contributed by atoms with Gasteiger partial charge in [0.1, 0.15) is 5.82 Å². The number of hydrogen-bond donors (Lipinski definition) is 1. The largest absolute Gasteiger partial charge is 0.357 e. The summed E-state index contributed by atoms with van der Waals surface area (Å²) in [4.78, 5) is 12.9. The normalized spacial score (nSPS) is 10.7. The third-order valence-electron chi connectivity index (χ3n) is 2.30. The van der Waals surface area contributed by atoms with Gasteiger partial charge >= 0.3 is 0 Å². The van der Waals surface area contributed by atoms with Crippen LogP contribution < -0.4 is 10.2 Å². The zero-order valence-corrected chi connectivity index (χ0v) is 12.5. The van der Waals surface area contributed by atoms with Crippen molar-refractivity contribution in [3.8, 4) is 0 Å². The Balaban J connectivity index is 2.76. The SMILES string of the molecule is CCNc1ncc(Br)c(N(C)CCN(C)C)n1. The summed E-state index contributed by atoms with van der Waals surface area (Å²) in [6.07, 6.45) is 1.78. The van der Waals surface area contributed by atoms with Crippen LogP contribution >= 0.6 is 15.9 Å². The van der Waals surface area contributed by atoms with Crippen molar-refractivity contribution in [2.24, 2.45) is 0 Å². The van der Waals surface area contributed by atoms with Crippen LogP contribution in [-0.2, 0) is 0 Å². The summed E-state index contributed by atoms with van der Waals surface area (Å²) < 4.78 is 0.917. The van der Waals surface area contributed by atoms with E-state index in [0.717, 1.165) is 29.9 Å². The number of nitrogens with one attached hydrogen (secondary N) is 1. The van der Waals surface area contributed by atoms with Gasteiger partial charge in [-0.05, 0) is 36.9 Å². The van der Waals surface area contributed by atoms with E-state index in [1.54, 1.807) is 6.20 Å². The Hall–Kier alpha value is -0.880. The van der Waals surface area contributed by atoms with E-state index in [4.69, 9.17) is 0 Å². The minimum Gasteiger partial charge on any atom is -0.357 e. The molecule has 5 nitrogen and oxygen atoms in total. The molecule has 0 saturated carbocycles. The van der Waals surface area contributed by atoms with Crippen LogP contribution in [0.4, 0.5) is 11.8 Å². The second-order valence-corrected chi connectivity index (χ2v) is 4.97. The molecule has 0 spiro atoms. The summed E-state index contributed by atoms with van der Waals surface area (Å²) >= 11 is 3.48. The maximum absolute atomic E-state index is 4.48. The lowest BCUT2D eigenvalue weighted by atomic mass is 10.4. The zero-order valence-electron chi connectivity index (χ0n) is 10.9. The second-order valence-electron chi connectivity index (χ2n) is 4.12. The fourth-order valence-corrected chi connectivity index (χ4v) is 1.82. The number of rotatable bonds is 6. The van der Waals surface area contributed by atoms with E-state index < -0.39 is 0 Å². The molecule has 1 rings (SSSR count). The fraction of sp³-hybridized carbons (Fsp3) is 0.636. The second kappa shape index (κ2) is 6.76. The lowest BCUT2D eigenvalue weighted by Gasteiger charge is -2.21. The van der Waals surface area contributed by atoms with Crippen molar-refractivity contribution in [1.29, 1.82) is 0 Å². The molecule has 0 aliphatic heterocycles. The predicted octanol–water partition coefficient (Wildman–Crippen LogP) is 1.67. The molecule has 0 saturated heterocycles. The maximum atomic E-state index is 4.48. The first-order valence-corrected chi connectivity index (χ1v) is 6.46. The van der Waals surface area contributed by atoms with Crippen LogP contribution in [0.1, 0.15) is 6.92 Å². The molecule has 0 aliphatic rings. The average molecular weight is 302 g/mol. The molecular weight excluding hydrogens is 282 g/mol. The van der Waals surface area contributed by atoms with Gasteiger partial charge in [0.2, 0.25) is 5.95 Å². The number of halogens is 1. The van der Waals surface area contributed by atoms with Gasteiger partial charge in [-0.15, -0.1) is 0 Å². The molecule has 1 aromatic heterocycles. The summed E-state index contributed by atoms with van der Waals surface area (Å²) in [5.74, 6) is 1.58. The van der Waals surface area contributed by atoms with E-state index in [-0.39, 0.29) is 0 Å². The van der Waals surface area contributed by atoms with Crippen molar-refractivity contribution < 1.29 is 0 Å². The zero-order chi connectivity index (χ0) is 12.8. The number of anilines is 2. The summed E-state index contributed by atoms with van der Waals surface area (Å²) in [6, 6.07) is 0. The van der Waals surface area contributed by atoms with Gasteiger partial charge in [-0.2, -0.15) is 4.98 Å². The average Bonchev–Trinajstić information content (AvgIpc) is 2.29. The van der Waals surface area contributed by atoms with Gasteiger partial charge in [-0.3, -0.25) is 0 Å². The van der Waals surface area contributed by atoms with Gasteiger partial charge in [0.05, 0.1) is 4.47 Å². The minimum absolute atomic E-state index is 0.669. The van der Waals surface area contributed by atoms with Crippen LogP contribution in [0.3, 0.4) is 0 Å². The first-order valence-electron chi connectivity index (χ1n) is 5.67. The molecule has 0 amide bonds. The Labute approximate surface area is 111 Å². The fourth-order valence-electron chi connectivity index (χ4n) is 1.33. The Bertz CT molecular complexity index is 356. The Morgan fingerprint density at radius 3 is 2.59 bits per heavy atom. The van der Waals surface area contributed by atoms with E-state index in [9.17, 15) is 0 Å². The van der Waals surface area contributed by atoms with Crippen LogP contribution in [-0.4, -0.2) is 55.6 Å². The molecule has 6 heteroatoms. The first kappa shape index (κ1) is 14.2. The molecule has 0 atom stereocenters. The summed E-state index contributed by atoms with van der Waals surface area (Å²) in [5, 5.41) is 3.11. The molecule has 1 aromatic rings. The monoisotopic (exact) mass is 301 g/mol. The van der Waals surface area contributed by atoms with Crippen molar-refractivity contribution in [1.82, 2.24) is 14.9 Å². The van der Waals surface area contributed by atoms with E-state index in [1.165, 1.54) is 0 Å². The van der Waals surface area contributed by atoms with Gasteiger partial charge < -0.3 is 15.1 Å². The van der Waals surface area contributed by atoms with Gasteiger partial charge in [-0.1, -0.05) is 0 Å². The van der Waals surface area contributed by atoms with E-state index in [2.05, 4.69) is 55.1 Å². The summed E-state index contributed by atoms with van der Waals surface area (Å²) in [7, 11) is 6.16. The highest BCUT2D eigenvalue weighted by molar-refractivity contribution is 9.10. The van der Waals surface area contributed by atoms with Crippen LogP contribution in [0, 0.1) is 0 Å². The highest BCUT2D eigenvalue weighted by Crippen LogP contribution is 2.22. The Morgan fingerprint density at radius 1 is 1.29 bits per heavy atom. The van der Waals surface area contributed by atoms with Crippen LogP contribution in [0.15, 0.2) is 10.7 Å². The van der Waals surface area contributed by atoms with Gasteiger partial charge in [0.25, 0.3) is 0 Å². The standard InChI is InChI=1S/C11H20BrN5/c1-5-13-11-14-8-9(12)10(15-11)17(4)7-6-16(2)3/h8H,5-7H2,1-4H3,(H,13,14,15). The number of aromatic nitrogens is 2. The van der Waals surface area contributed by atoms with Crippen molar-refractivity contribution in [2.45, 2.75) is 6.92 Å². The van der Waals surface area contributed by atoms with Gasteiger partial charge in [-0.25, -0.2) is 4.98 Å². The Morgan fingerprint density at radius 2 is 2.00 bits per heavy atom. The molecule has 0 radical (unpaired) electrons. The van der Waals surface area contributed by atoms with E-state index in [1.807, 2.05) is 14.0 Å². The van der Waals surface area contributed by atoms with Crippen LogP contribution in [0.2, 0.25) is 0 Å².